The summed E-state index contributed by atoms with van der Waals surface area (Å²) in [5.74, 6) is -0.203. The van der Waals surface area contributed by atoms with E-state index < -0.39 is 17.1 Å². The van der Waals surface area contributed by atoms with Crippen LogP contribution in [0.25, 0.3) is 16.5 Å². The molecule has 1 amide bonds. The van der Waals surface area contributed by atoms with Gasteiger partial charge in [-0.2, -0.15) is 18.3 Å². The number of rotatable bonds is 4. The van der Waals surface area contributed by atoms with E-state index in [9.17, 15) is 18.0 Å². The van der Waals surface area contributed by atoms with E-state index in [0.717, 1.165) is 22.0 Å². The number of halogens is 3. The highest BCUT2D eigenvalue weighted by molar-refractivity contribution is 7.15. The Labute approximate surface area is 207 Å². The van der Waals surface area contributed by atoms with Crippen LogP contribution in [0.1, 0.15) is 54.9 Å². The first-order chi connectivity index (χ1) is 17.2. The third-order valence-corrected chi connectivity index (χ3v) is 6.68. The molecule has 0 atom stereocenters. The average molecular weight is 515 g/mol. The first kappa shape index (κ1) is 23.9. The Morgan fingerprint density at radius 2 is 2.06 bits per heavy atom. The molecule has 0 fully saturated rings. The Bertz CT molecular complexity index is 1510. The number of nitrogens with zero attached hydrogens (tertiary/aromatic N) is 5. The van der Waals surface area contributed by atoms with Gasteiger partial charge in [-0.25, -0.2) is 4.98 Å². The summed E-state index contributed by atoms with van der Waals surface area (Å²) in [6.07, 6.45) is -0.969. The van der Waals surface area contributed by atoms with Crippen molar-refractivity contribution >= 4 is 38.9 Å². The van der Waals surface area contributed by atoms with Gasteiger partial charge in [-0.15, -0.1) is 10.2 Å². The summed E-state index contributed by atoms with van der Waals surface area (Å²) < 4.78 is 46.8. The molecule has 186 valence electrons. The van der Waals surface area contributed by atoms with Crippen molar-refractivity contribution in [3.05, 3.63) is 63.9 Å². The number of carbonyl (C=O) groups is 1. The number of anilines is 1. The molecule has 4 heterocycles. The Balaban J connectivity index is 1.67. The van der Waals surface area contributed by atoms with E-state index in [1.165, 1.54) is 0 Å². The Kier molecular flexibility index (Phi) is 5.99. The van der Waals surface area contributed by atoms with Gasteiger partial charge < -0.3 is 4.74 Å². The molecule has 12 heteroatoms. The molecule has 8 nitrogen and oxygen atoms in total. The smallest absolute Gasteiger partial charge is 0.445 e. The van der Waals surface area contributed by atoms with E-state index in [0.29, 0.717) is 29.0 Å². The SMILES string of the molecule is CC/C(C(=O)Nc1nnc(C(F)(F)F)s1)=C1\c2cc3cnn(C(C)C)c3cc2COc2ncccc21. The van der Waals surface area contributed by atoms with Gasteiger partial charge in [0, 0.05) is 34.3 Å². The van der Waals surface area contributed by atoms with Gasteiger partial charge in [0.15, 0.2) is 0 Å². The number of benzene rings is 1. The van der Waals surface area contributed by atoms with E-state index in [1.807, 2.05) is 36.7 Å². The highest BCUT2D eigenvalue weighted by Gasteiger charge is 2.36. The topological polar surface area (TPSA) is 94.8 Å². The van der Waals surface area contributed by atoms with Crippen molar-refractivity contribution in [2.75, 3.05) is 5.32 Å². The molecule has 0 saturated heterocycles. The molecule has 3 aromatic heterocycles. The Morgan fingerprint density at radius 1 is 1.25 bits per heavy atom. The molecule has 0 saturated carbocycles. The molecule has 0 spiro atoms. The van der Waals surface area contributed by atoms with Gasteiger partial charge in [-0.1, -0.05) is 18.3 Å². The minimum absolute atomic E-state index is 0.145. The monoisotopic (exact) mass is 514 g/mol. The summed E-state index contributed by atoms with van der Waals surface area (Å²) >= 11 is 0.275. The van der Waals surface area contributed by atoms with Crippen LogP contribution in [-0.4, -0.2) is 30.9 Å². The van der Waals surface area contributed by atoms with Crippen LogP contribution < -0.4 is 10.1 Å². The summed E-state index contributed by atoms with van der Waals surface area (Å²) in [4.78, 5) is 17.8. The minimum Gasteiger partial charge on any atom is -0.472 e. The van der Waals surface area contributed by atoms with Crippen molar-refractivity contribution in [2.45, 2.75) is 46.0 Å². The zero-order chi connectivity index (χ0) is 25.6. The normalized spacial score (nSPS) is 14.8. The molecule has 4 aromatic rings. The number of aromatic nitrogens is 5. The highest BCUT2D eigenvalue weighted by atomic mass is 32.1. The number of nitrogens with one attached hydrogen (secondary N) is 1. The second-order valence-electron chi connectivity index (χ2n) is 8.47. The largest absolute Gasteiger partial charge is 0.472 e. The van der Waals surface area contributed by atoms with Crippen LogP contribution in [-0.2, 0) is 17.6 Å². The molecule has 0 unspecified atom stereocenters. The molecule has 1 aliphatic rings. The van der Waals surface area contributed by atoms with Crippen LogP contribution in [0.15, 0.2) is 42.2 Å². The molecule has 1 aliphatic heterocycles. The van der Waals surface area contributed by atoms with Crippen LogP contribution in [0.2, 0.25) is 0 Å². The second kappa shape index (κ2) is 9.01. The zero-order valence-electron chi connectivity index (χ0n) is 19.6. The molecular formula is C24H21F3N6O2S. The number of hydrogen-bond acceptors (Lipinski definition) is 7. The van der Waals surface area contributed by atoms with Crippen molar-refractivity contribution in [1.82, 2.24) is 25.0 Å². The van der Waals surface area contributed by atoms with Crippen LogP contribution >= 0.6 is 11.3 Å². The maximum absolute atomic E-state index is 13.4. The molecule has 1 aromatic carbocycles. The molecule has 0 aliphatic carbocycles. The van der Waals surface area contributed by atoms with Crippen LogP contribution in [0.3, 0.4) is 0 Å². The van der Waals surface area contributed by atoms with Gasteiger partial charge in [-0.3, -0.25) is 14.8 Å². The van der Waals surface area contributed by atoms with E-state index in [1.54, 1.807) is 25.4 Å². The predicted octanol–water partition coefficient (Wildman–Crippen LogP) is 5.63. The highest BCUT2D eigenvalue weighted by Crippen LogP contribution is 2.40. The molecule has 1 N–H and O–H groups in total. The fourth-order valence-electron chi connectivity index (χ4n) is 4.22. The number of ether oxygens (including phenoxy) is 1. The van der Waals surface area contributed by atoms with Crippen molar-refractivity contribution in [1.29, 1.82) is 0 Å². The van der Waals surface area contributed by atoms with Crippen LogP contribution in [0.5, 0.6) is 5.88 Å². The van der Waals surface area contributed by atoms with Crippen molar-refractivity contribution in [3.8, 4) is 5.88 Å². The summed E-state index contributed by atoms with van der Waals surface area (Å²) in [5.41, 5.74) is 4.12. The first-order valence-corrected chi connectivity index (χ1v) is 12.0. The first-order valence-electron chi connectivity index (χ1n) is 11.2. The number of amides is 1. The van der Waals surface area contributed by atoms with Gasteiger partial charge in [0.1, 0.15) is 6.61 Å². The number of fused-ring (bicyclic) bond motifs is 3. The lowest BCUT2D eigenvalue weighted by molar-refractivity contribution is -0.138. The molecule has 0 bridgehead atoms. The van der Waals surface area contributed by atoms with Gasteiger partial charge in [0.2, 0.25) is 16.0 Å². The summed E-state index contributed by atoms with van der Waals surface area (Å²) in [5, 5.41) is 13.2. The average Bonchev–Trinajstić information content (AvgIpc) is 3.44. The number of carbonyl (C=O) groups excluding carboxylic acids is 1. The molecule has 0 radical (unpaired) electrons. The second-order valence-corrected chi connectivity index (χ2v) is 9.44. The molecular weight excluding hydrogens is 493 g/mol. The molecule has 5 rings (SSSR count). The number of pyridine rings is 1. The third-order valence-electron chi connectivity index (χ3n) is 5.80. The quantitative estimate of drug-likeness (QED) is 0.355. The predicted molar refractivity (Wildman–Crippen MR) is 129 cm³/mol. The van der Waals surface area contributed by atoms with Gasteiger partial charge in [0.25, 0.3) is 5.91 Å². The van der Waals surface area contributed by atoms with Crippen molar-refractivity contribution < 1.29 is 22.7 Å². The minimum atomic E-state index is -4.64. The maximum Gasteiger partial charge on any atom is 0.445 e. The Hall–Kier alpha value is -3.80. The standard InChI is InChI=1S/C24H21F3N6O2S/c1-4-15(20(34)30-23-32-31-22(36-23)24(25,26)27)19-16-6-5-7-28-21(16)35-11-14-9-18-13(8-17(14)19)10-29-33(18)12(2)3/h5-10,12H,4,11H2,1-3H3,(H,30,32,34)/b19-15+. The van der Waals surface area contributed by atoms with Crippen molar-refractivity contribution in [2.24, 2.45) is 0 Å². The van der Waals surface area contributed by atoms with Gasteiger partial charge >= 0.3 is 6.18 Å². The summed E-state index contributed by atoms with van der Waals surface area (Å²) in [6, 6.07) is 7.66. The third kappa shape index (κ3) is 4.21. The fraction of sp³-hybridized carbons (Fsp3) is 0.292. The maximum atomic E-state index is 13.4. The fourth-order valence-corrected chi connectivity index (χ4v) is 4.83. The van der Waals surface area contributed by atoms with E-state index in [2.05, 4.69) is 25.6 Å². The summed E-state index contributed by atoms with van der Waals surface area (Å²) in [6.45, 7) is 6.11. The van der Waals surface area contributed by atoms with Crippen LogP contribution in [0.4, 0.5) is 18.3 Å². The lowest BCUT2D eigenvalue weighted by Gasteiger charge is -2.16. The lowest BCUT2D eigenvalue weighted by Crippen LogP contribution is -2.16. The molecule has 36 heavy (non-hydrogen) atoms. The summed E-state index contributed by atoms with van der Waals surface area (Å²) in [7, 11) is 0. The van der Waals surface area contributed by atoms with E-state index >= 15 is 0 Å². The van der Waals surface area contributed by atoms with E-state index in [4.69, 9.17) is 4.74 Å². The lowest BCUT2D eigenvalue weighted by atomic mass is 9.89. The van der Waals surface area contributed by atoms with E-state index in [-0.39, 0.29) is 29.1 Å². The zero-order valence-corrected chi connectivity index (χ0v) is 20.4. The Morgan fingerprint density at radius 3 is 2.75 bits per heavy atom. The van der Waals surface area contributed by atoms with Gasteiger partial charge in [0.05, 0.1) is 11.7 Å². The van der Waals surface area contributed by atoms with Gasteiger partial charge in [-0.05, 0) is 55.7 Å². The number of alkyl halides is 3. The van der Waals surface area contributed by atoms with Crippen LogP contribution in [0, 0.1) is 0 Å². The van der Waals surface area contributed by atoms with Crippen molar-refractivity contribution in [3.63, 3.8) is 0 Å². The number of hydrogen-bond donors (Lipinski definition) is 1.